The topological polar surface area (TPSA) is 184 Å². The molecule has 0 amide bonds. The fourth-order valence-electron chi connectivity index (χ4n) is 4.65. The number of aromatic nitrogens is 2. The zero-order valence-corrected chi connectivity index (χ0v) is 24.8. The number of aliphatic hydroxyl groups is 2. The van der Waals surface area contributed by atoms with Gasteiger partial charge < -0.3 is 29.9 Å². The van der Waals surface area contributed by atoms with Gasteiger partial charge in [-0.25, -0.2) is 9.36 Å². The van der Waals surface area contributed by atoms with Crippen molar-refractivity contribution in [3.8, 4) is 5.75 Å². The standard InChI is InChI=1S/C28H37N4O9P/c1-5-6-16-38-25(34)17(2)31-42(37,41-21-13-9-11-19-10-7-8-12-20(19)21)40-18(3)23-24(33)28(4,36)26(39-23)32-15-14-22(29)30-27(32)35/h7-15,17-18,23-24,26,33,36H,5-6,16H2,1-4H3,(H,31,37)(H2,29,30,35)/t17-,18+,23+,24+,26+,28+,42?/m0/s1. The summed E-state index contributed by atoms with van der Waals surface area (Å²) in [7, 11) is -4.40. The molecule has 3 aromatic rings. The molecule has 42 heavy (non-hydrogen) atoms. The Morgan fingerprint density at radius 2 is 1.95 bits per heavy atom. The Labute approximate surface area is 243 Å². The van der Waals surface area contributed by atoms with Crippen molar-refractivity contribution < 1.29 is 38.1 Å². The van der Waals surface area contributed by atoms with Crippen molar-refractivity contribution in [3.05, 3.63) is 65.2 Å². The van der Waals surface area contributed by atoms with Crippen LogP contribution in [-0.2, 0) is 23.4 Å². The number of nitrogens with two attached hydrogens (primary N) is 1. The van der Waals surface area contributed by atoms with Gasteiger partial charge in [0.25, 0.3) is 0 Å². The number of carbonyl (C=O) groups excluding carboxylic acids is 1. The molecule has 1 aliphatic rings. The molecule has 1 saturated heterocycles. The minimum absolute atomic E-state index is 0.0253. The summed E-state index contributed by atoms with van der Waals surface area (Å²) >= 11 is 0. The van der Waals surface area contributed by atoms with E-state index in [0.717, 1.165) is 16.4 Å². The highest BCUT2D eigenvalue weighted by molar-refractivity contribution is 7.52. The lowest BCUT2D eigenvalue weighted by atomic mass is 9.94. The van der Waals surface area contributed by atoms with Crippen molar-refractivity contribution in [2.24, 2.45) is 0 Å². The molecular formula is C28H37N4O9P. The molecular weight excluding hydrogens is 567 g/mol. The first-order valence-electron chi connectivity index (χ1n) is 13.7. The van der Waals surface area contributed by atoms with E-state index in [-0.39, 0.29) is 18.2 Å². The molecule has 1 aromatic heterocycles. The van der Waals surface area contributed by atoms with Crippen LogP contribution in [0.15, 0.2) is 59.5 Å². The van der Waals surface area contributed by atoms with Gasteiger partial charge in [-0.1, -0.05) is 49.7 Å². The largest absolute Gasteiger partial charge is 0.465 e. The first-order chi connectivity index (χ1) is 19.9. The van der Waals surface area contributed by atoms with Crippen molar-refractivity contribution in [2.75, 3.05) is 12.3 Å². The first kappa shape index (κ1) is 31.6. The number of nitrogen functional groups attached to an aromatic ring is 1. The number of nitrogens with zero attached hydrogens (tertiary/aromatic N) is 2. The van der Waals surface area contributed by atoms with Gasteiger partial charge in [-0.15, -0.1) is 0 Å². The number of fused-ring (bicyclic) bond motifs is 1. The third-order valence-electron chi connectivity index (χ3n) is 6.98. The Morgan fingerprint density at radius 1 is 1.24 bits per heavy atom. The Balaban J connectivity index is 1.62. The van der Waals surface area contributed by atoms with Gasteiger partial charge in [-0.2, -0.15) is 10.1 Å². The van der Waals surface area contributed by atoms with E-state index in [1.54, 1.807) is 24.3 Å². The molecule has 228 valence electrons. The van der Waals surface area contributed by atoms with Crippen LogP contribution in [0.25, 0.3) is 10.8 Å². The number of unbranched alkanes of at least 4 members (excludes halogenated alkanes) is 1. The smallest absolute Gasteiger partial charge is 0.459 e. The van der Waals surface area contributed by atoms with Crippen molar-refractivity contribution >= 4 is 30.3 Å². The summed E-state index contributed by atoms with van der Waals surface area (Å²) in [5, 5.41) is 26.3. The van der Waals surface area contributed by atoms with E-state index in [4.69, 9.17) is 24.3 Å². The van der Waals surface area contributed by atoms with Gasteiger partial charge in [-0.05, 0) is 44.7 Å². The maximum absolute atomic E-state index is 14.3. The Hall–Kier alpha value is -3.32. The average Bonchev–Trinajstić information content (AvgIpc) is 3.17. The highest BCUT2D eigenvalue weighted by Crippen LogP contribution is 2.50. The number of nitrogens with one attached hydrogen (secondary N) is 1. The quantitative estimate of drug-likeness (QED) is 0.135. The Morgan fingerprint density at radius 3 is 2.67 bits per heavy atom. The second-order valence-electron chi connectivity index (χ2n) is 10.4. The van der Waals surface area contributed by atoms with Gasteiger partial charge in [0.2, 0.25) is 0 Å². The second-order valence-corrected chi connectivity index (χ2v) is 12.1. The maximum Gasteiger partial charge on any atom is 0.459 e. The lowest BCUT2D eigenvalue weighted by Gasteiger charge is -2.30. The van der Waals surface area contributed by atoms with Gasteiger partial charge in [-0.3, -0.25) is 13.9 Å². The lowest BCUT2D eigenvalue weighted by molar-refractivity contribution is -0.145. The molecule has 0 aliphatic carbocycles. The van der Waals surface area contributed by atoms with Gasteiger partial charge in [0.1, 0.15) is 35.4 Å². The van der Waals surface area contributed by atoms with Crippen LogP contribution >= 0.6 is 7.75 Å². The maximum atomic E-state index is 14.3. The number of aliphatic hydroxyl groups excluding tert-OH is 1. The molecule has 1 aliphatic heterocycles. The lowest BCUT2D eigenvalue weighted by Crippen LogP contribution is -2.47. The van der Waals surface area contributed by atoms with Crippen molar-refractivity contribution in [1.82, 2.24) is 14.6 Å². The van der Waals surface area contributed by atoms with Crippen LogP contribution in [0.2, 0.25) is 0 Å². The summed E-state index contributed by atoms with van der Waals surface area (Å²) in [6.07, 6.45) is -2.66. The van der Waals surface area contributed by atoms with E-state index in [2.05, 4.69) is 10.1 Å². The van der Waals surface area contributed by atoms with Crippen LogP contribution in [0.4, 0.5) is 5.82 Å². The van der Waals surface area contributed by atoms with E-state index in [9.17, 15) is 24.4 Å². The molecule has 5 N–H and O–H groups in total. The molecule has 0 bridgehead atoms. The average molecular weight is 605 g/mol. The van der Waals surface area contributed by atoms with Gasteiger partial charge in [0.05, 0.1) is 12.7 Å². The molecule has 4 rings (SSSR count). The predicted octanol–water partition coefficient (Wildman–Crippen LogP) is 2.90. The minimum Gasteiger partial charge on any atom is -0.465 e. The highest BCUT2D eigenvalue weighted by atomic mass is 31.2. The van der Waals surface area contributed by atoms with Crippen LogP contribution in [0.3, 0.4) is 0 Å². The third kappa shape index (κ3) is 6.83. The summed E-state index contributed by atoms with van der Waals surface area (Å²) in [5.41, 5.74) is 2.80. The number of esters is 1. The fourth-order valence-corrected chi connectivity index (χ4v) is 6.36. The summed E-state index contributed by atoms with van der Waals surface area (Å²) in [6.45, 7) is 6.37. The molecule has 0 radical (unpaired) electrons. The molecule has 13 nitrogen and oxygen atoms in total. The van der Waals surface area contributed by atoms with Crippen LogP contribution in [0, 0.1) is 0 Å². The monoisotopic (exact) mass is 604 g/mol. The summed E-state index contributed by atoms with van der Waals surface area (Å²) in [5.74, 6) is -0.459. The van der Waals surface area contributed by atoms with Gasteiger partial charge in [0, 0.05) is 11.6 Å². The number of benzene rings is 2. The number of anilines is 1. The number of carbonyl (C=O) groups is 1. The van der Waals surface area contributed by atoms with Crippen LogP contribution in [0.1, 0.15) is 46.8 Å². The van der Waals surface area contributed by atoms with Crippen LogP contribution < -0.4 is 21.0 Å². The Kier molecular flexibility index (Phi) is 9.71. The molecule has 1 unspecified atom stereocenters. The fraction of sp³-hybridized carbons (Fsp3) is 0.464. The normalized spacial score (nSPS) is 25.0. The van der Waals surface area contributed by atoms with E-state index >= 15 is 0 Å². The zero-order chi connectivity index (χ0) is 30.7. The van der Waals surface area contributed by atoms with Crippen LogP contribution in [0.5, 0.6) is 5.75 Å². The highest BCUT2D eigenvalue weighted by Gasteiger charge is 2.56. The Bertz CT molecular complexity index is 1510. The van der Waals surface area contributed by atoms with Crippen molar-refractivity contribution in [1.29, 1.82) is 0 Å². The van der Waals surface area contributed by atoms with Gasteiger partial charge >= 0.3 is 19.4 Å². The van der Waals surface area contributed by atoms with Crippen molar-refractivity contribution in [2.45, 2.75) is 76.7 Å². The molecule has 7 atom stereocenters. The number of hydrogen-bond acceptors (Lipinski definition) is 11. The number of rotatable bonds is 12. The van der Waals surface area contributed by atoms with E-state index < -0.39 is 55.6 Å². The second kappa shape index (κ2) is 12.9. The number of ether oxygens (including phenoxy) is 2. The predicted molar refractivity (Wildman–Crippen MR) is 155 cm³/mol. The minimum atomic E-state index is -4.40. The van der Waals surface area contributed by atoms with Gasteiger partial charge in [0.15, 0.2) is 6.23 Å². The van der Waals surface area contributed by atoms with E-state index in [1.807, 2.05) is 25.1 Å². The summed E-state index contributed by atoms with van der Waals surface area (Å²) in [4.78, 5) is 28.7. The van der Waals surface area contributed by atoms with E-state index in [1.165, 1.54) is 33.0 Å². The summed E-state index contributed by atoms with van der Waals surface area (Å²) < 4.78 is 38.3. The number of hydrogen-bond donors (Lipinski definition) is 4. The van der Waals surface area contributed by atoms with E-state index in [0.29, 0.717) is 11.8 Å². The molecule has 14 heteroatoms. The van der Waals surface area contributed by atoms with Crippen molar-refractivity contribution in [3.63, 3.8) is 0 Å². The molecule has 2 heterocycles. The SMILES string of the molecule is CCCCOC(=O)[C@H](C)NP(=O)(Oc1cccc2ccccc12)O[C@H](C)[C@H]1O[C@@H](n2ccc(N)nc2=O)[C@](C)(O)[C@@H]1O. The van der Waals surface area contributed by atoms with Crippen LogP contribution in [-0.4, -0.2) is 62.3 Å². The molecule has 0 saturated carbocycles. The molecule has 0 spiro atoms. The first-order valence-corrected chi connectivity index (χ1v) is 15.2. The third-order valence-corrected chi connectivity index (χ3v) is 8.73. The molecule has 1 fully saturated rings. The zero-order valence-electron chi connectivity index (χ0n) is 23.9. The molecule has 2 aromatic carbocycles. The summed E-state index contributed by atoms with van der Waals surface area (Å²) in [6, 6.07) is 12.7.